The molecule has 27 heavy (non-hydrogen) atoms. The van der Waals surface area contributed by atoms with Gasteiger partial charge in [-0.15, -0.1) is 10.2 Å². The molecule has 140 valence electrons. The number of hydrogen-bond donors (Lipinski definition) is 1. The lowest BCUT2D eigenvalue weighted by Crippen LogP contribution is -2.15. The Kier molecular flexibility index (Phi) is 6.24. The fourth-order valence-electron chi connectivity index (χ4n) is 2.62. The van der Waals surface area contributed by atoms with Crippen molar-refractivity contribution in [3.05, 3.63) is 60.4 Å². The number of para-hydroxylation sites is 1. The molecule has 0 aliphatic carbocycles. The quantitative estimate of drug-likeness (QED) is 0.611. The van der Waals surface area contributed by atoms with E-state index in [1.54, 1.807) is 18.2 Å². The highest BCUT2D eigenvalue weighted by Crippen LogP contribution is 2.27. The number of nitrogens with one attached hydrogen (secondary N) is 1. The molecule has 0 fully saturated rings. The average molecular weight is 384 g/mol. The molecule has 0 saturated heterocycles. The van der Waals surface area contributed by atoms with Crippen molar-refractivity contribution in [2.75, 3.05) is 11.1 Å². The Morgan fingerprint density at radius 2 is 1.81 bits per heavy atom. The Hall–Kier alpha value is -2.67. The van der Waals surface area contributed by atoms with Crippen LogP contribution in [0.15, 0.2) is 59.8 Å². The van der Waals surface area contributed by atoms with Crippen LogP contribution in [-0.2, 0) is 11.3 Å². The van der Waals surface area contributed by atoms with E-state index in [4.69, 9.17) is 0 Å². The summed E-state index contributed by atoms with van der Waals surface area (Å²) in [6.07, 6.45) is 0. The van der Waals surface area contributed by atoms with Gasteiger partial charge >= 0.3 is 0 Å². The van der Waals surface area contributed by atoms with Crippen LogP contribution < -0.4 is 5.32 Å². The summed E-state index contributed by atoms with van der Waals surface area (Å²) >= 11 is 1.29. The first kappa shape index (κ1) is 19.1. The third-order valence-electron chi connectivity index (χ3n) is 3.77. The molecular formula is C20H21FN4OS. The van der Waals surface area contributed by atoms with Crippen molar-refractivity contribution < 1.29 is 9.18 Å². The van der Waals surface area contributed by atoms with Gasteiger partial charge in [0.05, 0.1) is 11.3 Å². The second kappa shape index (κ2) is 8.81. The molecule has 0 aliphatic heterocycles. The third-order valence-corrected chi connectivity index (χ3v) is 4.74. The van der Waals surface area contributed by atoms with E-state index in [9.17, 15) is 9.18 Å². The number of carbonyl (C=O) groups excluding carboxylic acids is 1. The zero-order valence-electron chi connectivity index (χ0n) is 15.2. The van der Waals surface area contributed by atoms with Gasteiger partial charge in [0.1, 0.15) is 5.82 Å². The van der Waals surface area contributed by atoms with Crippen LogP contribution in [0.4, 0.5) is 10.1 Å². The number of benzene rings is 2. The summed E-state index contributed by atoms with van der Waals surface area (Å²) < 4.78 is 16.1. The van der Waals surface area contributed by atoms with E-state index in [0.717, 1.165) is 5.69 Å². The van der Waals surface area contributed by atoms with Gasteiger partial charge in [-0.05, 0) is 30.2 Å². The van der Waals surface area contributed by atoms with Crippen LogP contribution >= 0.6 is 11.8 Å². The van der Waals surface area contributed by atoms with Crippen LogP contribution in [0.2, 0.25) is 0 Å². The molecule has 1 aromatic heterocycles. The summed E-state index contributed by atoms with van der Waals surface area (Å²) in [5.74, 6) is 0.533. The fraction of sp³-hybridized carbons (Fsp3) is 0.250. The largest absolute Gasteiger partial charge is 0.325 e. The molecular weight excluding hydrogens is 363 g/mol. The lowest BCUT2D eigenvalue weighted by Gasteiger charge is -2.13. The zero-order valence-corrected chi connectivity index (χ0v) is 16.0. The van der Waals surface area contributed by atoms with Crippen LogP contribution in [0, 0.1) is 11.7 Å². The van der Waals surface area contributed by atoms with Gasteiger partial charge in [0.2, 0.25) is 5.91 Å². The van der Waals surface area contributed by atoms with Crippen molar-refractivity contribution in [2.24, 2.45) is 5.92 Å². The number of thioether (sulfide) groups is 1. The molecule has 0 atom stereocenters. The van der Waals surface area contributed by atoms with Gasteiger partial charge in [0.25, 0.3) is 0 Å². The van der Waals surface area contributed by atoms with E-state index < -0.39 is 0 Å². The molecule has 1 amide bonds. The van der Waals surface area contributed by atoms with E-state index in [1.165, 1.54) is 17.8 Å². The molecule has 3 rings (SSSR count). The Labute approximate surface area is 162 Å². The molecule has 3 aromatic rings. The Morgan fingerprint density at radius 1 is 1.11 bits per heavy atom. The first-order chi connectivity index (χ1) is 13.0. The number of carbonyl (C=O) groups is 1. The summed E-state index contributed by atoms with van der Waals surface area (Å²) in [7, 11) is 0. The maximum absolute atomic E-state index is 14.2. The second-order valence-corrected chi connectivity index (χ2v) is 7.44. The number of anilines is 1. The smallest absolute Gasteiger partial charge is 0.234 e. The van der Waals surface area contributed by atoms with Crippen LogP contribution in [0.5, 0.6) is 0 Å². The summed E-state index contributed by atoms with van der Waals surface area (Å²) in [4.78, 5) is 12.2. The number of rotatable bonds is 7. The summed E-state index contributed by atoms with van der Waals surface area (Å²) in [5.41, 5.74) is 1.16. The predicted molar refractivity (Wildman–Crippen MR) is 106 cm³/mol. The van der Waals surface area contributed by atoms with E-state index in [2.05, 4.69) is 29.4 Å². The van der Waals surface area contributed by atoms with E-state index in [1.807, 2.05) is 34.9 Å². The third kappa shape index (κ3) is 4.95. The van der Waals surface area contributed by atoms with Gasteiger partial charge in [-0.25, -0.2) is 4.39 Å². The van der Waals surface area contributed by atoms with Crippen molar-refractivity contribution in [3.8, 4) is 11.4 Å². The Balaban J connectivity index is 1.77. The highest BCUT2D eigenvalue weighted by molar-refractivity contribution is 7.99. The Bertz CT molecular complexity index is 911. The average Bonchev–Trinajstić information content (AvgIpc) is 3.03. The first-order valence-corrected chi connectivity index (χ1v) is 9.69. The molecule has 5 nitrogen and oxygen atoms in total. The van der Waals surface area contributed by atoms with Crippen molar-refractivity contribution in [2.45, 2.75) is 25.5 Å². The van der Waals surface area contributed by atoms with Crippen LogP contribution in [0.3, 0.4) is 0 Å². The standard InChI is InChI=1S/C20H21FN4OS/c1-14(2)12-25-19(16-10-6-7-11-17(16)21)23-24-20(25)27-13-18(26)22-15-8-4-3-5-9-15/h3-11,14H,12-13H2,1-2H3,(H,22,26). The molecule has 0 unspecified atom stereocenters. The van der Waals surface area contributed by atoms with E-state index >= 15 is 0 Å². The van der Waals surface area contributed by atoms with Crippen molar-refractivity contribution in [1.29, 1.82) is 0 Å². The lowest BCUT2D eigenvalue weighted by atomic mass is 10.2. The molecule has 0 radical (unpaired) electrons. The number of aromatic nitrogens is 3. The molecule has 2 aromatic carbocycles. The van der Waals surface area contributed by atoms with Crippen LogP contribution in [0.1, 0.15) is 13.8 Å². The summed E-state index contributed by atoms with van der Waals surface area (Å²) in [5, 5.41) is 11.8. The van der Waals surface area contributed by atoms with Gasteiger partial charge in [0, 0.05) is 12.2 Å². The maximum atomic E-state index is 14.2. The number of nitrogens with zero attached hydrogens (tertiary/aromatic N) is 3. The number of hydrogen-bond acceptors (Lipinski definition) is 4. The lowest BCUT2D eigenvalue weighted by molar-refractivity contribution is -0.113. The minimum absolute atomic E-state index is 0.127. The van der Waals surface area contributed by atoms with Gasteiger partial charge < -0.3 is 9.88 Å². The molecule has 1 heterocycles. The molecule has 0 bridgehead atoms. The molecule has 0 spiro atoms. The van der Waals surface area contributed by atoms with Gasteiger partial charge in [-0.3, -0.25) is 4.79 Å². The van der Waals surface area contributed by atoms with Gasteiger partial charge in [0.15, 0.2) is 11.0 Å². The van der Waals surface area contributed by atoms with Crippen LogP contribution in [0.25, 0.3) is 11.4 Å². The topological polar surface area (TPSA) is 59.8 Å². The van der Waals surface area contributed by atoms with E-state index in [-0.39, 0.29) is 17.5 Å². The molecule has 0 aliphatic rings. The summed E-state index contributed by atoms with van der Waals surface area (Å²) in [6.45, 7) is 4.78. The highest BCUT2D eigenvalue weighted by Gasteiger charge is 2.18. The molecule has 0 saturated carbocycles. The number of amides is 1. The molecule has 1 N–H and O–H groups in total. The van der Waals surface area contributed by atoms with Crippen molar-refractivity contribution in [1.82, 2.24) is 14.8 Å². The SMILES string of the molecule is CC(C)Cn1c(SCC(=O)Nc2ccccc2)nnc1-c1ccccc1F. The molecule has 7 heteroatoms. The van der Waals surface area contributed by atoms with E-state index in [0.29, 0.717) is 29.0 Å². The zero-order chi connectivity index (χ0) is 19.2. The van der Waals surface area contributed by atoms with Gasteiger partial charge in [-0.2, -0.15) is 0 Å². The number of halogens is 1. The summed E-state index contributed by atoms with van der Waals surface area (Å²) in [6, 6.07) is 15.8. The second-order valence-electron chi connectivity index (χ2n) is 6.49. The first-order valence-electron chi connectivity index (χ1n) is 8.70. The van der Waals surface area contributed by atoms with Crippen molar-refractivity contribution in [3.63, 3.8) is 0 Å². The van der Waals surface area contributed by atoms with Crippen LogP contribution in [-0.4, -0.2) is 26.4 Å². The Morgan fingerprint density at radius 3 is 2.52 bits per heavy atom. The normalized spacial score (nSPS) is 11.0. The predicted octanol–water partition coefficient (Wildman–Crippen LogP) is 4.47. The monoisotopic (exact) mass is 384 g/mol. The van der Waals surface area contributed by atoms with Crippen molar-refractivity contribution >= 4 is 23.4 Å². The minimum atomic E-state index is -0.340. The minimum Gasteiger partial charge on any atom is -0.325 e. The fourth-order valence-corrected chi connectivity index (χ4v) is 3.36. The highest BCUT2D eigenvalue weighted by atomic mass is 32.2. The van der Waals surface area contributed by atoms with Gasteiger partial charge in [-0.1, -0.05) is 55.9 Å². The maximum Gasteiger partial charge on any atom is 0.234 e.